The van der Waals surface area contributed by atoms with Gasteiger partial charge in [-0.2, -0.15) is 0 Å². The molecule has 2 N–H and O–H groups in total. The Labute approximate surface area is 68.3 Å². The summed E-state index contributed by atoms with van der Waals surface area (Å²) in [7, 11) is 0. The van der Waals surface area contributed by atoms with Crippen LogP contribution in [0.15, 0.2) is 37.0 Å². The number of rotatable bonds is 3. The summed E-state index contributed by atoms with van der Waals surface area (Å²) in [5, 5.41) is 0. The van der Waals surface area contributed by atoms with Crippen molar-refractivity contribution in [2.75, 3.05) is 0 Å². The van der Waals surface area contributed by atoms with E-state index in [1.807, 2.05) is 6.08 Å². The Bertz CT molecular complexity index is 179. The summed E-state index contributed by atoms with van der Waals surface area (Å²) in [6.45, 7) is 3.66. The quantitative estimate of drug-likeness (QED) is 0.610. The highest BCUT2D eigenvalue weighted by molar-refractivity contribution is 5.11. The van der Waals surface area contributed by atoms with E-state index < -0.39 is 0 Å². The summed E-state index contributed by atoms with van der Waals surface area (Å²) in [5.41, 5.74) is 5.73. The zero-order valence-corrected chi connectivity index (χ0v) is 6.74. The Morgan fingerprint density at radius 3 is 3.00 bits per heavy atom. The Balaban J connectivity index is 2.32. The van der Waals surface area contributed by atoms with Crippen molar-refractivity contribution in [3.63, 3.8) is 0 Å². The molecule has 1 heteroatoms. The van der Waals surface area contributed by atoms with E-state index in [4.69, 9.17) is 5.73 Å². The minimum atomic E-state index is 0.149. The Morgan fingerprint density at radius 2 is 2.45 bits per heavy atom. The maximum atomic E-state index is 5.73. The molecule has 0 heterocycles. The van der Waals surface area contributed by atoms with Gasteiger partial charge in [-0.15, -0.1) is 6.58 Å². The molecule has 0 aromatic rings. The van der Waals surface area contributed by atoms with Crippen LogP contribution in [-0.2, 0) is 0 Å². The molecule has 1 aliphatic carbocycles. The Morgan fingerprint density at radius 1 is 1.64 bits per heavy atom. The first-order valence-corrected chi connectivity index (χ1v) is 4.04. The van der Waals surface area contributed by atoms with Crippen LogP contribution in [0.4, 0.5) is 0 Å². The topological polar surface area (TPSA) is 26.0 Å². The van der Waals surface area contributed by atoms with Crippen LogP contribution in [0.1, 0.15) is 12.8 Å². The molecule has 1 rings (SSSR count). The third kappa shape index (κ3) is 2.72. The number of nitrogens with two attached hydrogens (primary N) is 1. The van der Waals surface area contributed by atoms with Gasteiger partial charge in [0.1, 0.15) is 0 Å². The van der Waals surface area contributed by atoms with Gasteiger partial charge in [0, 0.05) is 6.04 Å². The van der Waals surface area contributed by atoms with Crippen molar-refractivity contribution >= 4 is 0 Å². The first kappa shape index (κ1) is 8.28. The van der Waals surface area contributed by atoms with Gasteiger partial charge in [0.2, 0.25) is 0 Å². The van der Waals surface area contributed by atoms with Crippen molar-refractivity contribution in [1.82, 2.24) is 0 Å². The molecular formula is C10H15N. The second-order valence-corrected chi connectivity index (χ2v) is 2.94. The van der Waals surface area contributed by atoms with E-state index in [9.17, 15) is 0 Å². The van der Waals surface area contributed by atoms with Gasteiger partial charge in [-0.3, -0.25) is 0 Å². The molecule has 0 radical (unpaired) electrons. The van der Waals surface area contributed by atoms with Crippen molar-refractivity contribution in [3.8, 4) is 0 Å². The van der Waals surface area contributed by atoms with E-state index in [2.05, 4.69) is 30.9 Å². The van der Waals surface area contributed by atoms with Gasteiger partial charge in [-0.05, 0) is 18.8 Å². The van der Waals surface area contributed by atoms with Gasteiger partial charge >= 0.3 is 0 Å². The average Bonchev–Trinajstić information content (AvgIpc) is 2.06. The van der Waals surface area contributed by atoms with Gasteiger partial charge in [-0.1, -0.05) is 30.4 Å². The normalized spacial score (nSPS) is 25.0. The molecular weight excluding hydrogens is 134 g/mol. The fraction of sp³-hybridized carbons (Fsp3) is 0.400. The average molecular weight is 149 g/mol. The zero-order valence-electron chi connectivity index (χ0n) is 6.74. The summed E-state index contributed by atoms with van der Waals surface area (Å²) in [6, 6.07) is 0.149. The maximum absolute atomic E-state index is 5.73. The molecule has 11 heavy (non-hydrogen) atoms. The highest BCUT2D eigenvalue weighted by Gasteiger charge is 2.07. The van der Waals surface area contributed by atoms with Crippen LogP contribution >= 0.6 is 0 Å². The lowest BCUT2D eigenvalue weighted by molar-refractivity contribution is 0.555. The molecule has 0 spiro atoms. The summed E-state index contributed by atoms with van der Waals surface area (Å²) < 4.78 is 0. The van der Waals surface area contributed by atoms with Crippen molar-refractivity contribution in [2.45, 2.75) is 18.9 Å². The Hall–Kier alpha value is -0.820. The van der Waals surface area contributed by atoms with Gasteiger partial charge in [-0.25, -0.2) is 0 Å². The van der Waals surface area contributed by atoms with E-state index in [1.54, 1.807) is 0 Å². The fourth-order valence-corrected chi connectivity index (χ4v) is 1.25. The van der Waals surface area contributed by atoms with Crippen LogP contribution in [0.2, 0.25) is 0 Å². The molecule has 0 aromatic carbocycles. The van der Waals surface area contributed by atoms with Gasteiger partial charge in [0.25, 0.3) is 0 Å². The van der Waals surface area contributed by atoms with Crippen molar-refractivity contribution in [1.29, 1.82) is 0 Å². The predicted octanol–water partition coefficient (Wildman–Crippen LogP) is 2.02. The lowest BCUT2D eigenvalue weighted by Crippen LogP contribution is -2.20. The highest BCUT2D eigenvalue weighted by atomic mass is 14.6. The zero-order chi connectivity index (χ0) is 8.10. The van der Waals surface area contributed by atoms with Crippen LogP contribution in [-0.4, -0.2) is 6.04 Å². The summed E-state index contributed by atoms with van der Waals surface area (Å²) in [4.78, 5) is 0. The Kier molecular flexibility index (Phi) is 3.12. The van der Waals surface area contributed by atoms with E-state index in [1.165, 1.54) is 0 Å². The molecule has 0 aromatic heterocycles. The standard InChI is InChI=1S/C10H15N/c1-2-10(11)8-9-6-4-3-5-7-9/h2-6,9-10H,1,7-8,11H2. The third-order valence-corrected chi connectivity index (χ3v) is 1.95. The smallest absolute Gasteiger partial charge is 0.0226 e. The van der Waals surface area contributed by atoms with Crippen LogP contribution in [0.3, 0.4) is 0 Å². The second kappa shape index (κ2) is 4.14. The molecule has 0 amide bonds. The van der Waals surface area contributed by atoms with E-state index in [-0.39, 0.29) is 6.04 Å². The van der Waals surface area contributed by atoms with Crippen molar-refractivity contribution in [3.05, 3.63) is 37.0 Å². The van der Waals surface area contributed by atoms with Crippen LogP contribution in [0.5, 0.6) is 0 Å². The molecule has 1 aliphatic rings. The fourth-order valence-electron chi connectivity index (χ4n) is 1.25. The van der Waals surface area contributed by atoms with Gasteiger partial charge in [0.05, 0.1) is 0 Å². The van der Waals surface area contributed by atoms with Gasteiger partial charge < -0.3 is 5.73 Å². The maximum Gasteiger partial charge on any atom is 0.0226 e. The lowest BCUT2D eigenvalue weighted by Gasteiger charge is -2.15. The molecule has 2 atom stereocenters. The number of hydrogen-bond acceptors (Lipinski definition) is 1. The second-order valence-electron chi connectivity index (χ2n) is 2.94. The van der Waals surface area contributed by atoms with Crippen molar-refractivity contribution in [2.24, 2.45) is 11.7 Å². The van der Waals surface area contributed by atoms with Crippen LogP contribution < -0.4 is 5.73 Å². The van der Waals surface area contributed by atoms with E-state index in [0.29, 0.717) is 5.92 Å². The SMILES string of the molecule is C=CC(N)CC1C=CC=CC1. The summed E-state index contributed by atoms with van der Waals surface area (Å²) >= 11 is 0. The van der Waals surface area contributed by atoms with E-state index in [0.717, 1.165) is 12.8 Å². The van der Waals surface area contributed by atoms with Crippen LogP contribution in [0.25, 0.3) is 0 Å². The molecule has 60 valence electrons. The van der Waals surface area contributed by atoms with E-state index >= 15 is 0 Å². The minimum Gasteiger partial charge on any atom is -0.324 e. The predicted molar refractivity (Wildman–Crippen MR) is 49.2 cm³/mol. The summed E-state index contributed by atoms with van der Waals surface area (Å²) in [5.74, 6) is 0.619. The summed E-state index contributed by atoms with van der Waals surface area (Å²) in [6.07, 6.45) is 12.5. The van der Waals surface area contributed by atoms with Crippen LogP contribution in [0, 0.1) is 5.92 Å². The molecule has 1 nitrogen and oxygen atoms in total. The molecule has 2 unspecified atom stereocenters. The first-order chi connectivity index (χ1) is 5.33. The minimum absolute atomic E-state index is 0.149. The number of allylic oxidation sites excluding steroid dienone is 4. The molecule has 0 aliphatic heterocycles. The van der Waals surface area contributed by atoms with Gasteiger partial charge in [0.15, 0.2) is 0 Å². The number of hydrogen-bond donors (Lipinski definition) is 1. The largest absolute Gasteiger partial charge is 0.324 e. The van der Waals surface area contributed by atoms with Crippen molar-refractivity contribution < 1.29 is 0 Å². The first-order valence-electron chi connectivity index (χ1n) is 4.04. The lowest BCUT2D eigenvalue weighted by atomic mass is 9.94. The molecule has 0 saturated carbocycles. The molecule has 0 bridgehead atoms. The molecule has 0 fully saturated rings. The highest BCUT2D eigenvalue weighted by Crippen LogP contribution is 2.16. The molecule has 0 saturated heterocycles. The monoisotopic (exact) mass is 149 g/mol. The third-order valence-electron chi connectivity index (χ3n) is 1.95.